The molecule has 1 saturated carbocycles. The maximum absolute atomic E-state index is 12.4. The minimum Gasteiger partial charge on any atom is -0.469 e. The van der Waals surface area contributed by atoms with Crippen molar-refractivity contribution < 1.29 is 9.53 Å². The van der Waals surface area contributed by atoms with E-state index in [2.05, 4.69) is 65.4 Å². The van der Waals surface area contributed by atoms with Crippen molar-refractivity contribution in [3.05, 3.63) is 54.1 Å². The van der Waals surface area contributed by atoms with Crippen molar-refractivity contribution in [3.63, 3.8) is 0 Å². The molecule has 2 aromatic carbocycles. The van der Waals surface area contributed by atoms with Crippen LogP contribution >= 0.6 is 0 Å². The van der Waals surface area contributed by atoms with E-state index in [4.69, 9.17) is 4.74 Å². The van der Waals surface area contributed by atoms with Crippen LogP contribution in [0.15, 0.2) is 48.5 Å². The molecule has 4 nitrogen and oxygen atoms in total. The van der Waals surface area contributed by atoms with E-state index in [0.29, 0.717) is 5.92 Å². The Morgan fingerprint density at radius 1 is 1.03 bits per heavy atom. The van der Waals surface area contributed by atoms with E-state index in [0.717, 1.165) is 43.7 Å². The first-order valence-corrected chi connectivity index (χ1v) is 10.9. The van der Waals surface area contributed by atoms with Crippen molar-refractivity contribution in [1.29, 1.82) is 0 Å². The molecule has 0 amide bonds. The van der Waals surface area contributed by atoms with Gasteiger partial charge in [0.05, 0.1) is 13.0 Å². The monoisotopic (exact) mass is 392 g/mol. The second kappa shape index (κ2) is 9.00. The average Bonchev–Trinajstić information content (AvgIpc) is 2.73. The molecule has 2 fully saturated rings. The molecule has 1 saturated heterocycles. The summed E-state index contributed by atoms with van der Waals surface area (Å²) in [4.78, 5) is 17.3. The lowest BCUT2D eigenvalue weighted by atomic mass is 9.77. The first-order chi connectivity index (χ1) is 14.1. The number of nitrogens with zero attached hydrogens (tertiary/aromatic N) is 2. The molecule has 4 heteroatoms. The molecular formula is C25H32N2O2. The van der Waals surface area contributed by atoms with E-state index < -0.39 is 0 Å². The van der Waals surface area contributed by atoms with Crippen molar-refractivity contribution in [2.75, 3.05) is 45.2 Å². The smallest absolute Gasteiger partial charge is 0.313 e. The minimum atomic E-state index is -0.158. The largest absolute Gasteiger partial charge is 0.469 e. The van der Waals surface area contributed by atoms with Gasteiger partial charge in [-0.1, -0.05) is 55.7 Å². The maximum Gasteiger partial charge on any atom is 0.313 e. The molecule has 0 spiro atoms. The predicted molar refractivity (Wildman–Crippen MR) is 118 cm³/mol. The van der Waals surface area contributed by atoms with Gasteiger partial charge in [0.2, 0.25) is 0 Å². The van der Waals surface area contributed by atoms with Crippen LogP contribution in [0.1, 0.15) is 37.2 Å². The highest BCUT2D eigenvalue weighted by atomic mass is 16.5. The lowest BCUT2D eigenvalue weighted by Crippen LogP contribution is -2.44. The van der Waals surface area contributed by atoms with Crippen LogP contribution in [0.4, 0.5) is 5.69 Å². The first kappa shape index (κ1) is 20.0. The fourth-order valence-corrected chi connectivity index (χ4v) is 4.44. The number of ether oxygens (including phenoxy) is 1. The molecule has 4 rings (SSSR count). The van der Waals surface area contributed by atoms with Crippen LogP contribution in [0.5, 0.6) is 0 Å². The van der Waals surface area contributed by atoms with Gasteiger partial charge < -0.3 is 14.5 Å². The molecule has 1 unspecified atom stereocenters. The van der Waals surface area contributed by atoms with Gasteiger partial charge in [-0.2, -0.15) is 0 Å². The quantitative estimate of drug-likeness (QED) is 0.675. The van der Waals surface area contributed by atoms with Crippen molar-refractivity contribution in [2.24, 2.45) is 5.92 Å². The molecular weight excluding hydrogens is 360 g/mol. The number of hydrogen-bond acceptors (Lipinski definition) is 4. The lowest BCUT2D eigenvalue weighted by molar-refractivity contribution is -0.143. The SMILES string of the molecule is COC(=O)C(CC1CCC1)c1cccc(-c2ccc(N3CCN(C)CC3)cc2)c1. The van der Waals surface area contributed by atoms with Crippen LogP contribution in [-0.2, 0) is 9.53 Å². The first-order valence-electron chi connectivity index (χ1n) is 10.9. The highest BCUT2D eigenvalue weighted by Crippen LogP contribution is 2.37. The summed E-state index contributed by atoms with van der Waals surface area (Å²) in [5.41, 5.74) is 4.71. The Morgan fingerprint density at radius 3 is 2.38 bits per heavy atom. The van der Waals surface area contributed by atoms with Crippen LogP contribution in [0, 0.1) is 5.92 Å². The van der Waals surface area contributed by atoms with Crippen LogP contribution in [0.25, 0.3) is 11.1 Å². The number of rotatable bonds is 6. The number of methoxy groups -OCH3 is 1. The molecule has 29 heavy (non-hydrogen) atoms. The van der Waals surface area contributed by atoms with E-state index in [-0.39, 0.29) is 11.9 Å². The summed E-state index contributed by atoms with van der Waals surface area (Å²) in [5.74, 6) is 0.389. The Bertz CT molecular complexity index is 821. The summed E-state index contributed by atoms with van der Waals surface area (Å²) in [6.07, 6.45) is 4.67. The third-order valence-corrected chi connectivity index (χ3v) is 6.64. The van der Waals surface area contributed by atoms with Crippen molar-refractivity contribution in [2.45, 2.75) is 31.6 Å². The van der Waals surface area contributed by atoms with Gasteiger partial charge in [-0.15, -0.1) is 0 Å². The Balaban J connectivity index is 1.52. The van der Waals surface area contributed by atoms with Gasteiger partial charge in [-0.3, -0.25) is 4.79 Å². The number of benzene rings is 2. The van der Waals surface area contributed by atoms with Crippen LogP contribution in [0.3, 0.4) is 0 Å². The zero-order valence-corrected chi connectivity index (χ0v) is 17.6. The predicted octanol–water partition coefficient (Wildman–Crippen LogP) is 4.55. The van der Waals surface area contributed by atoms with Gasteiger partial charge >= 0.3 is 5.97 Å². The molecule has 2 aliphatic rings. The highest BCUT2D eigenvalue weighted by Gasteiger charge is 2.28. The number of likely N-dealkylation sites (N-methyl/N-ethyl adjacent to an activating group) is 1. The second-order valence-corrected chi connectivity index (χ2v) is 8.57. The Kier molecular flexibility index (Phi) is 6.19. The molecule has 0 N–H and O–H groups in total. The summed E-state index contributed by atoms with van der Waals surface area (Å²) >= 11 is 0. The minimum absolute atomic E-state index is 0.112. The summed E-state index contributed by atoms with van der Waals surface area (Å²) < 4.78 is 5.12. The molecule has 0 aromatic heterocycles. The van der Waals surface area contributed by atoms with Crippen molar-refractivity contribution in [3.8, 4) is 11.1 Å². The van der Waals surface area contributed by atoms with Gasteiger partial charge in [0.1, 0.15) is 0 Å². The van der Waals surface area contributed by atoms with Crippen molar-refractivity contribution in [1.82, 2.24) is 4.90 Å². The zero-order valence-electron chi connectivity index (χ0n) is 17.6. The summed E-state index contributed by atoms with van der Waals surface area (Å²) in [6, 6.07) is 17.3. The molecule has 1 aliphatic heterocycles. The van der Waals surface area contributed by atoms with E-state index in [9.17, 15) is 4.79 Å². The summed E-state index contributed by atoms with van der Waals surface area (Å²) in [7, 11) is 3.68. The van der Waals surface area contributed by atoms with Gasteiger partial charge in [0.15, 0.2) is 0 Å². The van der Waals surface area contributed by atoms with Gasteiger partial charge in [-0.25, -0.2) is 0 Å². The Labute approximate surface area is 174 Å². The summed E-state index contributed by atoms with van der Waals surface area (Å²) in [6.45, 7) is 4.38. The number of esters is 1. The molecule has 1 aliphatic carbocycles. The van der Waals surface area contributed by atoms with E-state index in [1.165, 1.54) is 37.6 Å². The molecule has 1 heterocycles. The van der Waals surface area contributed by atoms with Crippen LogP contribution in [0.2, 0.25) is 0 Å². The fourth-order valence-electron chi connectivity index (χ4n) is 4.44. The third kappa shape index (κ3) is 4.64. The van der Waals surface area contributed by atoms with Crippen LogP contribution < -0.4 is 4.90 Å². The number of piperazine rings is 1. The molecule has 1 atom stereocenters. The summed E-state index contributed by atoms with van der Waals surface area (Å²) in [5, 5.41) is 0. The normalized spacial score (nSPS) is 18.9. The number of hydrogen-bond donors (Lipinski definition) is 0. The zero-order chi connectivity index (χ0) is 20.2. The second-order valence-electron chi connectivity index (χ2n) is 8.57. The van der Waals surface area contributed by atoms with Crippen LogP contribution in [-0.4, -0.2) is 51.2 Å². The van der Waals surface area contributed by atoms with Crippen molar-refractivity contribution >= 4 is 11.7 Å². The molecule has 0 bridgehead atoms. The van der Waals surface area contributed by atoms with Gasteiger partial charge in [0, 0.05) is 31.9 Å². The van der Waals surface area contributed by atoms with Gasteiger partial charge in [0.25, 0.3) is 0 Å². The number of carbonyl (C=O) groups is 1. The Morgan fingerprint density at radius 2 is 1.76 bits per heavy atom. The molecule has 154 valence electrons. The maximum atomic E-state index is 12.4. The third-order valence-electron chi connectivity index (χ3n) is 6.64. The fraction of sp³-hybridized carbons (Fsp3) is 0.480. The van der Waals surface area contributed by atoms with E-state index in [1.807, 2.05) is 0 Å². The van der Waals surface area contributed by atoms with E-state index >= 15 is 0 Å². The van der Waals surface area contributed by atoms with Gasteiger partial charge in [-0.05, 0) is 48.2 Å². The number of anilines is 1. The Hall–Kier alpha value is -2.33. The lowest BCUT2D eigenvalue weighted by Gasteiger charge is -2.34. The van der Waals surface area contributed by atoms with E-state index in [1.54, 1.807) is 0 Å². The average molecular weight is 393 g/mol. The standard InChI is InChI=1S/C25H32N2O2/c1-26-13-15-27(16-14-26)23-11-9-20(10-12-23)21-7-4-8-22(18-21)24(25(28)29-2)17-19-5-3-6-19/h4,7-12,18-19,24H,3,5-6,13-17H2,1-2H3. The number of carbonyl (C=O) groups excluding carboxylic acids is 1. The topological polar surface area (TPSA) is 32.8 Å². The highest BCUT2D eigenvalue weighted by molar-refractivity contribution is 5.79. The molecule has 0 radical (unpaired) electrons. The molecule has 2 aromatic rings.